The molecular formula is C8H7ClNS2-. The van der Waals surface area contributed by atoms with Crippen molar-refractivity contribution in [3.8, 4) is 0 Å². The van der Waals surface area contributed by atoms with Gasteiger partial charge in [-0.1, -0.05) is 22.0 Å². The lowest BCUT2D eigenvalue weighted by molar-refractivity contribution is 1.47. The van der Waals surface area contributed by atoms with Crippen molar-refractivity contribution < 1.29 is 0 Å². The Morgan fingerprint density at radius 1 is 1.58 bits per heavy atom. The number of halogens is 1. The zero-order valence-electron chi connectivity index (χ0n) is 6.43. The van der Waals surface area contributed by atoms with Gasteiger partial charge in [0.2, 0.25) is 0 Å². The third-order valence-corrected chi connectivity index (χ3v) is 1.88. The molecule has 0 fully saturated rings. The van der Waals surface area contributed by atoms with Crippen LogP contribution < -0.4 is 5.32 Å². The van der Waals surface area contributed by atoms with Crippen LogP contribution in [0.3, 0.4) is 0 Å². The highest BCUT2D eigenvalue weighted by Gasteiger charge is 1.97. The van der Waals surface area contributed by atoms with E-state index in [0.29, 0.717) is 9.34 Å². The second-order valence-electron chi connectivity index (χ2n) is 2.40. The zero-order chi connectivity index (χ0) is 9.14. The second kappa shape index (κ2) is 4.03. The molecule has 0 atom stereocenters. The van der Waals surface area contributed by atoms with E-state index in [1.54, 1.807) is 0 Å². The predicted octanol–water partition coefficient (Wildman–Crippen LogP) is 2.89. The SMILES string of the molecule is Cc1ccc(NC(=S)[S-])c(Cl)c1. The van der Waals surface area contributed by atoms with Crippen LogP contribution in [0.25, 0.3) is 0 Å². The summed E-state index contributed by atoms with van der Waals surface area (Å²) in [6, 6.07) is 5.66. The van der Waals surface area contributed by atoms with E-state index in [1.807, 2.05) is 25.1 Å². The van der Waals surface area contributed by atoms with Crippen molar-refractivity contribution >= 4 is 46.5 Å². The molecule has 0 aliphatic carbocycles. The van der Waals surface area contributed by atoms with Gasteiger partial charge in [0, 0.05) is 0 Å². The molecule has 12 heavy (non-hydrogen) atoms. The molecule has 0 heterocycles. The highest BCUT2D eigenvalue weighted by Crippen LogP contribution is 2.22. The second-order valence-corrected chi connectivity index (χ2v) is 3.88. The maximum Gasteiger partial charge on any atom is 0.0643 e. The summed E-state index contributed by atoms with van der Waals surface area (Å²) in [5, 5.41) is 3.46. The predicted molar refractivity (Wildman–Crippen MR) is 59.8 cm³/mol. The van der Waals surface area contributed by atoms with Crippen LogP contribution in [-0.4, -0.2) is 4.32 Å². The van der Waals surface area contributed by atoms with E-state index in [-0.39, 0.29) is 0 Å². The molecule has 0 aliphatic heterocycles. The molecule has 0 aliphatic rings. The van der Waals surface area contributed by atoms with Crippen molar-refractivity contribution in [2.75, 3.05) is 5.32 Å². The molecule has 1 rings (SSSR count). The van der Waals surface area contributed by atoms with Crippen LogP contribution in [0, 0.1) is 6.92 Å². The third kappa shape index (κ3) is 2.59. The van der Waals surface area contributed by atoms with Gasteiger partial charge in [-0.3, -0.25) is 0 Å². The third-order valence-electron chi connectivity index (χ3n) is 1.36. The van der Waals surface area contributed by atoms with Crippen LogP contribution in [0.5, 0.6) is 0 Å². The van der Waals surface area contributed by atoms with E-state index in [1.165, 1.54) is 0 Å². The minimum absolute atomic E-state index is 0.306. The molecule has 1 N–H and O–H groups in total. The monoisotopic (exact) mass is 216 g/mol. The van der Waals surface area contributed by atoms with Gasteiger partial charge in [-0.15, -0.1) is 0 Å². The molecular weight excluding hydrogens is 210 g/mol. The van der Waals surface area contributed by atoms with Gasteiger partial charge >= 0.3 is 0 Å². The van der Waals surface area contributed by atoms with Gasteiger partial charge in [0.05, 0.1) is 10.7 Å². The minimum Gasteiger partial charge on any atom is -0.411 e. The summed E-state index contributed by atoms with van der Waals surface area (Å²) in [7, 11) is 0. The van der Waals surface area contributed by atoms with Gasteiger partial charge in [-0.25, -0.2) is 0 Å². The lowest BCUT2D eigenvalue weighted by Gasteiger charge is -2.11. The van der Waals surface area contributed by atoms with Crippen LogP contribution in [0.4, 0.5) is 5.69 Å². The first kappa shape index (κ1) is 9.71. The molecule has 4 heteroatoms. The first-order chi connectivity index (χ1) is 5.59. The Balaban J connectivity index is 2.93. The van der Waals surface area contributed by atoms with E-state index < -0.39 is 0 Å². The number of thiocarbonyl (C=S) groups is 1. The number of nitrogens with one attached hydrogen (secondary N) is 1. The number of aryl methyl sites for hydroxylation is 1. The number of hydrogen-bond acceptors (Lipinski definition) is 2. The smallest absolute Gasteiger partial charge is 0.0643 e. The fourth-order valence-corrected chi connectivity index (χ4v) is 1.33. The zero-order valence-corrected chi connectivity index (χ0v) is 8.82. The first-order valence-electron chi connectivity index (χ1n) is 3.34. The van der Waals surface area contributed by atoms with Crippen molar-refractivity contribution in [2.45, 2.75) is 6.92 Å². The molecule has 64 valence electrons. The normalized spacial score (nSPS) is 9.50. The summed E-state index contributed by atoms with van der Waals surface area (Å²) < 4.78 is 0.306. The summed E-state index contributed by atoms with van der Waals surface area (Å²) in [6.45, 7) is 1.97. The molecule has 0 radical (unpaired) electrons. The molecule has 1 aromatic rings. The highest BCUT2D eigenvalue weighted by molar-refractivity contribution is 8.00. The molecule has 0 saturated carbocycles. The first-order valence-corrected chi connectivity index (χ1v) is 4.53. The maximum atomic E-state index is 5.91. The van der Waals surface area contributed by atoms with Gasteiger partial charge < -0.3 is 30.2 Å². The molecule has 0 spiro atoms. The largest absolute Gasteiger partial charge is 0.411 e. The van der Waals surface area contributed by atoms with E-state index in [0.717, 1.165) is 11.3 Å². The van der Waals surface area contributed by atoms with Crippen LogP contribution in [0.15, 0.2) is 18.2 Å². The van der Waals surface area contributed by atoms with Crippen molar-refractivity contribution in [3.05, 3.63) is 28.8 Å². The molecule has 0 bridgehead atoms. The number of benzene rings is 1. The van der Waals surface area contributed by atoms with Gasteiger partial charge in [0.15, 0.2) is 0 Å². The van der Waals surface area contributed by atoms with E-state index >= 15 is 0 Å². The van der Waals surface area contributed by atoms with E-state index in [2.05, 4.69) is 5.32 Å². The average Bonchev–Trinajstić information content (AvgIpc) is 1.94. The summed E-state index contributed by atoms with van der Waals surface area (Å²) >= 11 is 15.3. The Hall–Kier alpha value is -0.380. The van der Waals surface area contributed by atoms with Gasteiger partial charge in [-0.2, -0.15) is 0 Å². The summed E-state index contributed by atoms with van der Waals surface area (Å²) in [5.41, 5.74) is 1.88. The van der Waals surface area contributed by atoms with Crippen molar-refractivity contribution in [1.29, 1.82) is 0 Å². The van der Waals surface area contributed by atoms with Crippen molar-refractivity contribution in [2.24, 2.45) is 0 Å². The number of anilines is 1. The molecule has 0 aromatic heterocycles. The summed E-state index contributed by atoms with van der Waals surface area (Å²) in [5.74, 6) is 0. The van der Waals surface area contributed by atoms with Crippen LogP contribution >= 0.6 is 23.8 Å². The maximum absolute atomic E-state index is 5.91. The molecule has 0 unspecified atom stereocenters. The Morgan fingerprint density at radius 3 is 2.75 bits per heavy atom. The Labute approximate surface area is 87.5 Å². The van der Waals surface area contributed by atoms with Crippen LogP contribution in [0.2, 0.25) is 5.02 Å². The summed E-state index contributed by atoms with van der Waals surface area (Å²) in [4.78, 5) is 0. The number of hydrogen-bond donors (Lipinski definition) is 1. The molecule has 1 aromatic carbocycles. The Kier molecular flexibility index (Phi) is 3.26. The Morgan fingerprint density at radius 2 is 2.25 bits per heavy atom. The van der Waals surface area contributed by atoms with Crippen molar-refractivity contribution in [3.63, 3.8) is 0 Å². The van der Waals surface area contributed by atoms with E-state index in [9.17, 15) is 0 Å². The highest BCUT2D eigenvalue weighted by atomic mass is 35.5. The summed E-state index contributed by atoms with van der Waals surface area (Å²) in [6.07, 6.45) is 0. The van der Waals surface area contributed by atoms with E-state index in [4.69, 9.17) is 36.4 Å². The standard InChI is InChI=1S/C8H8ClNS2/c1-5-2-3-7(6(9)4-5)10-8(11)12/h2-4H,1H3,(H2,10,11,12)/p-1. The quantitative estimate of drug-likeness (QED) is 0.573. The lowest BCUT2D eigenvalue weighted by Crippen LogP contribution is -2.04. The van der Waals surface area contributed by atoms with Crippen LogP contribution in [0.1, 0.15) is 5.56 Å². The average molecular weight is 217 g/mol. The molecule has 1 nitrogen and oxygen atoms in total. The van der Waals surface area contributed by atoms with Crippen molar-refractivity contribution in [1.82, 2.24) is 0 Å². The fourth-order valence-electron chi connectivity index (χ4n) is 0.831. The van der Waals surface area contributed by atoms with Gasteiger partial charge in [0.25, 0.3) is 0 Å². The topological polar surface area (TPSA) is 12.0 Å². The Bertz CT molecular complexity index is 312. The molecule has 0 amide bonds. The lowest BCUT2D eigenvalue weighted by atomic mass is 10.2. The fraction of sp³-hybridized carbons (Fsp3) is 0.125. The van der Waals surface area contributed by atoms with Gasteiger partial charge in [-0.05, 0) is 24.6 Å². The van der Waals surface area contributed by atoms with Gasteiger partial charge in [0.1, 0.15) is 0 Å². The minimum atomic E-state index is 0.306. The van der Waals surface area contributed by atoms with Crippen LogP contribution in [-0.2, 0) is 12.6 Å². The molecule has 0 saturated heterocycles. The number of rotatable bonds is 1.